The number of carbonyl (C=O) groups excluding carboxylic acids is 1. The third-order valence-electron chi connectivity index (χ3n) is 4.03. The number of likely N-dealkylation sites (tertiary alicyclic amines) is 1. The maximum atomic E-state index is 12.3. The molecule has 2 atom stereocenters. The lowest BCUT2D eigenvalue weighted by Gasteiger charge is -2.16. The van der Waals surface area contributed by atoms with Gasteiger partial charge in [0.1, 0.15) is 6.10 Å². The average Bonchev–Trinajstić information content (AvgIpc) is 3.12. The fourth-order valence-electron chi connectivity index (χ4n) is 2.84. The number of fused-ring (bicyclic) bond motifs is 1. The second-order valence-electron chi connectivity index (χ2n) is 5.55. The van der Waals surface area contributed by atoms with Gasteiger partial charge in [-0.2, -0.15) is 0 Å². The number of ether oxygens (including phenoxy) is 3. The fraction of sp³-hybridized carbons (Fsp3) is 0.562. The molecule has 6 nitrogen and oxygen atoms in total. The highest BCUT2D eigenvalue weighted by molar-refractivity contribution is 5.77. The SMILES string of the molecule is CCO[C@@H]1CN(C(=O)CCc2ccc3c(c2)OCO3)C[C@H]1O. The smallest absolute Gasteiger partial charge is 0.231 e. The molecule has 0 saturated carbocycles. The number of hydrogen-bond acceptors (Lipinski definition) is 5. The normalized spacial score (nSPS) is 23.1. The predicted molar refractivity (Wildman–Crippen MR) is 78.9 cm³/mol. The Morgan fingerprint density at radius 1 is 1.36 bits per heavy atom. The van der Waals surface area contributed by atoms with Crippen molar-refractivity contribution in [3.05, 3.63) is 23.8 Å². The third-order valence-corrected chi connectivity index (χ3v) is 4.03. The van der Waals surface area contributed by atoms with Crippen molar-refractivity contribution in [1.82, 2.24) is 4.90 Å². The van der Waals surface area contributed by atoms with Gasteiger partial charge in [0.15, 0.2) is 11.5 Å². The van der Waals surface area contributed by atoms with E-state index in [-0.39, 0.29) is 18.8 Å². The van der Waals surface area contributed by atoms with Crippen molar-refractivity contribution in [3.8, 4) is 11.5 Å². The number of aliphatic hydroxyl groups is 1. The van der Waals surface area contributed by atoms with Gasteiger partial charge in [0.25, 0.3) is 0 Å². The molecule has 2 heterocycles. The summed E-state index contributed by atoms with van der Waals surface area (Å²) in [7, 11) is 0. The van der Waals surface area contributed by atoms with Crippen molar-refractivity contribution in [1.29, 1.82) is 0 Å². The molecule has 120 valence electrons. The Bertz CT molecular complexity index is 547. The molecular formula is C16H21NO5. The fourth-order valence-corrected chi connectivity index (χ4v) is 2.84. The molecule has 0 spiro atoms. The van der Waals surface area contributed by atoms with Crippen LogP contribution >= 0.6 is 0 Å². The van der Waals surface area contributed by atoms with Crippen molar-refractivity contribution in [3.63, 3.8) is 0 Å². The maximum Gasteiger partial charge on any atom is 0.231 e. The lowest BCUT2D eigenvalue weighted by atomic mass is 10.1. The largest absolute Gasteiger partial charge is 0.454 e. The van der Waals surface area contributed by atoms with Crippen molar-refractivity contribution >= 4 is 5.91 Å². The van der Waals surface area contributed by atoms with Crippen LogP contribution in [0.2, 0.25) is 0 Å². The quantitative estimate of drug-likeness (QED) is 0.877. The van der Waals surface area contributed by atoms with E-state index in [4.69, 9.17) is 14.2 Å². The third kappa shape index (κ3) is 3.18. The standard InChI is InChI=1S/C16H21NO5/c1-2-20-15-9-17(8-12(15)18)16(19)6-4-11-3-5-13-14(7-11)22-10-21-13/h3,5,7,12,15,18H,2,4,6,8-10H2,1H3/t12-,15-/m1/s1. The Morgan fingerprint density at radius 3 is 3.00 bits per heavy atom. The highest BCUT2D eigenvalue weighted by atomic mass is 16.7. The zero-order valence-corrected chi connectivity index (χ0v) is 12.7. The van der Waals surface area contributed by atoms with Crippen molar-refractivity contribution in [2.24, 2.45) is 0 Å². The molecule has 1 amide bonds. The molecule has 3 rings (SSSR count). The van der Waals surface area contributed by atoms with E-state index in [1.165, 1.54) is 0 Å². The molecule has 1 fully saturated rings. The van der Waals surface area contributed by atoms with Crippen LogP contribution in [0.4, 0.5) is 0 Å². The van der Waals surface area contributed by atoms with E-state index >= 15 is 0 Å². The summed E-state index contributed by atoms with van der Waals surface area (Å²) in [5.74, 6) is 1.52. The number of aryl methyl sites for hydroxylation is 1. The number of nitrogens with zero attached hydrogens (tertiary/aromatic N) is 1. The van der Waals surface area contributed by atoms with E-state index < -0.39 is 6.10 Å². The van der Waals surface area contributed by atoms with Crippen LogP contribution in [0.25, 0.3) is 0 Å². The molecule has 1 aromatic carbocycles. The molecule has 0 radical (unpaired) electrons. The Balaban J connectivity index is 1.52. The maximum absolute atomic E-state index is 12.3. The molecule has 0 unspecified atom stereocenters. The summed E-state index contributed by atoms with van der Waals surface area (Å²) >= 11 is 0. The summed E-state index contributed by atoms with van der Waals surface area (Å²) in [5.41, 5.74) is 1.04. The summed E-state index contributed by atoms with van der Waals surface area (Å²) in [6, 6.07) is 5.73. The van der Waals surface area contributed by atoms with E-state index in [0.29, 0.717) is 32.5 Å². The van der Waals surface area contributed by atoms with E-state index in [9.17, 15) is 9.90 Å². The molecular weight excluding hydrogens is 286 g/mol. The van der Waals surface area contributed by atoms with Gasteiger partial charge >= 0.3 is 0 Å². The predicted octanol–water partition coefficient (Wildman–Crippen LogP) is 0.956. The molecule has 1 aromatic rings. The van der Waals surface area contributed by atoms with Crippen LogP contribution in [0.3, 0.4) is 0 Å². The minimum Gasteiger partial charge on any atom is -0.454 e. The average molecular weight is 307 g/mol. The molecule has 6 heteroatoms. The van der Waals surface area contributed by atoms with Crippen molar-refractivity contribution < 1.29 is 24.1 Å². The minimum atomic E-state index is -0.588. The highest BCUT2D eigenvalue weighted by Crippen LogP contribution is 2.32. The molecule has 0 aliphatic carbocycles. The van der Waals surface area contributed by atoms with Gasteiger partial charge in [0.2, 0.25) is 12.7 Å². The van der Waals surface area contributed by atoms with Gasteiger partial charge in [-0.1, -0.05) is 6.07 Å². The summed E-state index contributed by atoms with van der Waals surface area (Å²) < 4.78 is 16.0. The summed E-state index contributed by atoms with van der Waals surface area (Å²) in [6.07, 6.45) is 0.195. The van der Waals surface area contributed by atoms with Crippen LogP contribution in [-0.2, 0) is 16.0 Å². The van der Waals surface area contributed by atoms with Gasteiger partial charge in [0.05, 0.1) is 6.10 Å². The van der Waals surface area contributed by atoms with Crippen LogP contribution in [0, 0.1) is 0 Å². The summed E-state index contributed by atoms with van der Waals surface area (Å²) in [5, 5.41) is 9.88. The number of benzene rings is 1. The number of amides is 1. The monoisotopic (exact) mass is 307 g/mol. The first-order valence-corrected chi connectivity index (χ1v) is 7.63. The zero-order valence-electron chi connectivity index (χ0n) is 12.7. The van der Waals surface area contributed by atoms with Crippen LogP contribution in [0.5, 0.6) is 11.5 Å². The number of aliphatic hydroxyl groups excluding tert-OH is 1. The molecule has 2 aliphatic heterocycles. The Hall–Kier alpha value is -1.79. The molecule has 1 saturated heterocycles. The zero-order chi connectivity index (χ0) is 15.5. The Morgan fingerprint density at radius 2 is 2.18 bits per heavy atom. The van der Waals surface area contributed by atoms with Gasteiger partial charge in [0, 0.05) is 26.1 Å². The molecule has 22 heavy (non-hydrogen) atoms. The van der Waals surface area contributed by atoms with Gasteiger partial charge in [-0.25, -0.2) is 0 Å². The molecule has 1 N–H and O–H groups in total. The first kappa shape index (κ1) is 15.1. The van der Waals surface area contributed by atoms with Crippen LogP contribution in [0.1, 0.15) is 18.9 Å². The van der Waals surface area contributed by atoms with E-state index in [2.05, 4.69) is 0 Å². The van der Waals surface area contributed by atoms with Crippen molar-refractivity contribution in [2.45, 2.75) is 32.0 Å². The van der Waals surface area contributed by atoms with Gasteiger partial charge < -0.3 is 24.2 Å². The van der Waals surface area contributed by atoms with Crippen molar-refractivity contribution in [2.75, 3.05) is 26.5 Å². The van der Waals surface area contributed by atoms with E-state index in [1.807, 2.05) is 25.1 Å². The summed E-state index contributed by atoms with van der Waals surface area (Å²) in [6.45, 7) is 3.50. The van der Waals surface area contributed by atoms with Crippen LogP contribution in [0.15, 0.2) is 18.2 Å². The lowest BCUT2D eigenvalue weighted by Crippen LogP contribution is -2.30. The number of rotatable bonds is 5. The van der Waals surface area contributed by atoms with Crippen LogP contribution < -0.4 is 9.47 Å². The molecule has 0 bridgehead atoms. The second-order valence-corrected chi connectivity index (χ2v) is 5.55. The lowest BCUT2D eigenvalue weighted by molar-refractivity contribution is -0.130. The number of hydrogen-bond donors (Lipinski definition) is 1. The Kier molecular flexibility index (Phi) is 4.49. The molecule has 2 aliphatic rings. The van der Waals surface area contributed by atoms with E-state index in [0.717, 1.165) is 17.1 Å². The first-order chi connectivity index (χ1) is 10.7. The Labute approximate surface area is 129 Å². The number of carbonyl (C=O) groups is 1. The minimum absolute atomic E-state index is 0.0407. The first-order valence-electron chi connectivity index (χ1n) is 7.63. The molecule has 0 aromatic heterocycles. The van der Waals surface area contributed by atoms with Gasteiger partial charge in [-0.05, 0) is 31.0 Å². The van der Waals surface area contributed by atoms with Crippen LogP contribution in [-0.4, -0.2) is 54.6 Å². The topological polar surface area (TPSA) is 68.2 Å². The van der Waals surface area contributed by atoms with E-state index in [1.54, 1.807) is 4.90 Å². The summed E-state index contributed by atoms with van der Waals surface area (Å²) in [4.78, 5) is 13.9. The number of β-amino-alcohol motifs (C(OH)–C–C–N with tert-alkyl or cyclic N) is 1. The van der Waals surface area contributed by atoms with Gasteiger partial charge in [-0.3, -0.25) is 4.79 Å². The highest BCUT2D eigenvalue weighted by Gasteiger charge is 2.34. The second kappa shape index (κ2) is 6.54. The van der Waals surface area contributed by atoms with Gasteiger partial charge in [-0.15, -0.1) is 0 Å².